The second kappa shape index (κ2) is 7.99. The fourth-order valence-corrected chi connectivity index (χ4v) is 5.24. The van der Waals surface area contributed by atoms with Crippen LogP contribution in [0.3, 0.4) is 0 Å². The number of hydrogen-bond acceptors (Lipinski definition) is 6. The molecule has 0 spiro atoms. The Morgan fingerprint density at radius 3 is 2.33 bits per heavy atom. The Bertz CT molecular complexity index is 917. The molecule has 8 nitrogen and oxygen atoms in total. The summed E-state index contributed by atoms with van der Waals surface area (Å²) < 4.78 is 29.3. The number of carbonyl (C=O) groups excluding carboxylic acids is 1. The van der Waals surface area contributed by atoms with Crippen LogP contribution < -0.4 is 5.32 Å². The second-order valence-corrected chi connectivity index (χ2v) is 9.20. The zero-order valence-electron chi connectivity index (χ0n) is 15.5. The normalized spacial score (nSPS) is 16.4. The lowest BCUT2D eigenvalue weighted by molar-refractivity contribution is -0.114. The van der Waals surface area contributed by atoms with Gasteiger partial charge >= 0.3 is 0 Å². The number of rotatable bonds is 5. The van der Waals surface area contributed by atoms with E-state index in [9.17, 15) is 13.2 Å². The average Bonchev–Trinajstić information content (AvgIpc) is 3.02. The van der Waals surface area contributed by atoms with Gasteiger partial charge in [0.1, 0.15) is 5.82 Å². The van der Waals surface area contributed by atoms with Crippen LogP contribution in [0, 0.1) is 0 Å². The molecule has 0 saturated carbocycles. The van der Waals surface area contributed by atoms with Crippen molar-refractivity contribution in [2.24, 2.45) is 7.05 Å². The SMILES string of the molecule is CSc1nnc(C2CCN(S(=O)(=O)c3ccc(NC(C)=O)cc3)CC2)n1C. The number of hydrogen-bond donors (Lipinski definition) is 1. The molecule has 0 radical (unpaired) electrons. The lowest BCUT2D eigenvalue weighted by atomic mass is 9.97. The van der Waals surface area contributed by atoms with Gasteiger partial charge in [0.15, 0.2) is 5.16 Å². The summed E-state index contributed by atoms with van der Waals surface area (Å²) in [6, 6.07) is 6.26. The molecule has 1 amide bonds. The molecule has 0 aliphatic carbocycles. The van der Waals surface area contributed by atoms with Gasteiger partial charge in [-0.2, -0.15) is 4.31 Å². The number of amides is 1. The maximum Gasteiger partial charge on any atom is 0.243 e. The van der Waals surface area contributed by atoms with Crippen molar-refractivity contribution in [3.8, 4) is 0 Å². The van der Waals surface area contributed by atoms with Crippen LogP contribution in [-0.2, 0) is 21.9 Å². The highest BCUT2D eigenvalue weighted by molar-refractivity contribution is 7.98. The van der Waals surface area contributed by atoms with E-state index in [1.54, 1.807) is 23.9 Å². The third-order valence-corrected chi connectivity index (χ3v) is 7.32. The van der Waals surface area contributed by atoms with Crippen LogP contribution in [0.25, 0.3) is 0 Å². The standard InChI is InChI=1S/C17H23N5O3S2/c1-12(23)18-14-4-6-15(7-5-14)27(24,25)22-10-8-13(9-11-22)16-19-20-17(26-3)21(16)2/h4-7,13H,8-11H2,1-3H3,(H,18,23). The molecule has 1 aromatic heterocycles. The van der Waals surface area contributed by atoms with Gasteiger partial charge in [0.25, 0.3) is 0 Å². The number of nitrogens with one attached hydrogen (secondary N) is 1. The Hall–Kier alpha value is -1.91. The quantitative estimate of drug-likeness (QED) is 0.759. The van der Waals surface area contributed by atoms with Gasteiger partial charge in [-0.3, -0.25) is 4.79 Å². The van der Waals surface area contributed by atoms with Crippen molar-refractivity contribution in [3.63, 3.8) is 0 Å². The van der Waals surface area contributed by atoms with E-state index in [0.717, 1.165) is 11.0 Å². The van der Waals surface area contributed by atoms with Crippen molar-refractivity contribution in [2.75, 3.05) is 24.7 Å². The minimum Gasteiger partial charge on any atom is -0.326 e. The van der Waals surface area contributed by atoms with Crippen LogP contribution in [0.4, 0.5) is 5.69 Å². The minimum atomic E-state index is -3.55. The Kier molecular flexibility index (Phi) is 5.87. The van der Waals surface area contributed by atoms with Gasteiger partial charge in [0, 0.05) is 38.7 Å². The predicted octanol–water partition coefficient (Wildman–Crippen LogP) is 2.06. The Balaban J connectivity index is 1.69. The maximum atomic E-state index is 12.9. The van der Waals surface area contributed by atoms with Gasteiger partial charge in [0.05, 0.1) is 4.90 Å². The fourth-order valence-electron chi connectivity index (χ4n) is 3.28. The summed E-state index contributed by atoms with van der Waals surface area (Å²) in [5, 5.41) is 11.9. The van der Waals surface area contributed by atoms with Gasteiger partial charge in [-0.1, -0.05) is 11.8 Å². The van der Waals surface area contributed by atoms with E-state index in [1.165, 1.54) is 23.4 Å². The number of nitrogens with zero attached hydrogens (tertiary/aromatic N) is 4. The predicted molar refractivity (Wildman–Crippen MR) is 104 cm³/mol. The molecule has 1 aromatic carbocycles. The van der Waals surface area contributed by atoms with Crippen LogP contribution in [0.1, 0.15) is 31.5 Å². The van der Waals surface area contributed by atoms with Crippen LogP contribution >= 0.6 is 11.8 Å². The summed E-state index contributed by atoms with van der Waals surface area (Å²) in [4.78, 5) is 11.3. The molecule has 1 aliphatic heterocycles. The summed E-state index contributed by atoms with van der Waals surface area (Å²) in [7, 11) is -1.60. The highest BCUT2D eigenvalue weighted by atomic mass is 32.2. The smallest absolute Gasteiger partial charge is 0.243 e. The Labute approximate surface area is 163 Å². The molecular formula is C17H23N5O3S2. The molecule has 1 saturated heterocycles. The van der Waals surface area contributed by atoms with Gasteiger partial charge < -0.3 is 9.88 Å². The topological polar surface area (TPSA) is 97.2 Å². The molecule has 1 fully saturated rings. The third-order valence-electron chi connectivity index (χ3n) is 4.68. The van der Waals surface area contributed by atoms with E-state index >= 15 is 0 Å². The lowest BCUT2D eigenvalue weighted by Gasteiger charge is -2.30. The molecule has 2 aromatic rings. The molecule has 0 unspecified atom stereocenters. The molecule has 10 heteroatoms. The fraction of sp³-hybridized carbons (Fsp3) is 0.471. The summed E-state index contributed by atoms with van der Waals surface area (Å²) in [6.07, 6.45) is 3.38. The van der Waals surface area contributed by atoms with Crippen LogP contribution in [-0.4, -0.2) is 52.7 Å². The first-order chi connectivity index (χ1) is 12.8. The number of thioether (sulfide) groups is 1. The van der Waals surface area contributed by atoms with Crippen LogP contribution in [0.15, 0.2) is 34.3 Å². The van der Waals surface area contributed by atoms with E-state index < -0.39 is 10.0 Å². The Morgan fingerprint density at radius 1 is 1.19 bits per heavy atom. The van der Waals surface area contributed by atoms with Gasteiger partial charge in [-0.25, -0.2) is 8.42 Å². The first-order valence-electron chi connectivity index (χ1n) is 8.64. The van der Waals surface area contributed by atoms with E-state index in [-0.39, 0.29) is 16.7 Å². The molecule has 27 heavy (non-hydrogen) atoms. The summed E-state index contributed by atoms with van der Waals surface area (Å²) in [5.41, 5.74) is 0.576. The molecule has 3 rings (SSSR count). The Morgan fingerprint density at radius 2 is 1.81 bits per heavy atom. The molecule has 1 N–H and O–H groups in total. The van der Waals surface area contributed by atoms with E-state index in [2.05, 4.69) is 15.5 Å². The zero-order valence-corrected chi connectivity index (χ0v) is 17.2. The number of piperidine rings is 1. The largest absolute Gasteiger partial charge is 0.326 e. The first-order valence-corrected chi connectivity index (χ1v) is 11.3. The number of carbonyl (C=O) groups is 1. The molecule has 0 bridgehead atoms. The monoisotopic (exact) mass is 409 g/mol. The molecular weight excluding hydrogens is 386 g/mol. The highest BCUT2D eigenvalue weighted by Gasteiger charge is 2.31. The van der Waals surface area contributed by atoms with Gasteiger partial charge in [0.2, 0.25) is 15.9 Å². The number of anilines is 1. The van der Waals surface area contributed by atoms with Gasteiger partial charge in [-0.05, 0) is 43.4 Å². The van der Waals surface area contributed by atoms with E-state index in [4.69, 9.17) is 0 Å². The van der Waals surface area contributed by atoms with Crippen molar-refractivity contribution in [1.29, 1.82) is 0 Å². The minimum absolute atomic E-state index is 0.193. The molecule has 2 heterocycles. The summed E-state index contributed by atoms with van der Waals surface area (Å²) in [6.45, 7) is 2.30. The number of benzene rings is 1. The average molecular weight is 410 g/mol. The van der Waals surface area contributed by atoms with Gasteiger partial charge in [-0.15, -0.1) is 10.2 Å². The highest BCUT2D eigenvalue weighted by Crippen LogP contribution is 2.31. The van der Waals surface area contributed by atoms with Crippen molar-refractivity contribution in [3.05, 3.63) is 30.1 Å². The molecule has 0 atom stereocenters. The summed E-state index contributed by atoms with van der Waals surface area (Å²) >= 11 is 1.54. The van der Waals surface area contributed by atoms with E-state index in [0.29, 0.717) is 31.6 Å². The lowest BCUT2D eigenvalue weighted by Crippen LogP contribution is -2.38. The first kappa shape index (κ1) is 19.8. The molecule has 1 aliphatic rings. The zero-order chi connectivity index (χ0) is 19.6. The third kappa shape index (κ3) is 4.17. The molecule has 146 valence electrons. The maximum absolute atomic E-state index is 12.9. The van der Waals surface area contributed by atoms with Crippen molar-refractivity contribution >= 4 is 33.4 Å². The van der Waals surface area contributed by atoms with Crippen LogP contribution in [0.5, 0.6) is 0 Å². The van der Waals surface area contributed by atoms with Crippen molar-refractivity contribution < 1.29 is 13.2 Å². The van der Waals surface area contributed by atoms with Crippen LogP contribution in [0.2, 0.25) is 0 Å². The van der Waals surface area contributed by atoms with E-state index in [1.807, 2.05) is 17.9 Å². The number of aromatic nitrogens is 3. The van der Waals surface area contributed by atoms with Crippen molar-refractivity contribution in [2.45, 2.75) is 35.7 Å². The second-order valence-electron chi connectivity index (χ2n) is 6.49. The summed E-state index contributed by atoms with van der Waals surface area (Å²) in [5.74, 6) is 0.925. The van der Waals surface area contributed by atoms with Crippen molar-refractivity contribution in [1.82, 2.24) is 19.1 Å². The number of sulfonamides is 1.